The van der Waals surface area contributed by atoms with E-state index in [9.17, 15) is 9.59 Å². The molecule has 7 nitrogen and oxygen atoms in total. The van der Waals surface area contributed by atoms with Crippen LogP contribution < -0.4 is 5.32 Å². The molecule has 2 rings (SSSR count). The van der Waals surface area contributed by atoms with Crippen LogP contribution >= 0.6 is 0 Å². The number of amides is 1. The van der Waals surface area contributed by atoms with Gasteiger partial charge < -0.3 is 10.4 Å². The first-order valence-corrected chi connectivity index (χ1v) is 6.74. The molecule has 1 aromatic rings. The van der Waals surface area contributed by atoms with Crippen LogP contribution in [-0.2, 0) is 10.2 Å². The lowest BCUT2D eigenvalue weighted by molar-refractivity contribution is -0.141. The molecule has 1 amide bonds. The quantitative estimate of drug-likeness (QED) is 0.768. The molecule has 1 aliphatic rings. The molecule has 1 fully saturated rings. The highest BCUT2D eigenvalue weighted by Gasteiger charge is 2.31. The Bertz CT molecular complexity index is 518. The first-order valence-electron chi connectivity index (χ1n) is 6.74. The maximum Gasteiger partial charge on any atom is 0.306 e. The summed E-state index contributed by atoms with van der Waals surface area (Å²) in [6, 6.07) is -0.111. The summed E-state index contributed by atoms with van der Waals surface area (Å²) in [6.07, 6.45) is 1.75. The van der Waals surface area contributed by atoms with E-state index in [0.29, 0.717) is 25.1 Å². The molecule has 0 saturated heterocycles. The molecule has 3 N–H and O–H groups in total. The molecular formula is C13H20N4O3. The van der Waals surface area contributed by atoms with E-state index in [1.165, 1.54) is 0 Å². The summed E-state index contributed by atoms with van der Waals surface area (Å²) in [5.74, 6) is -0.758. The monoisotopic (exact) mass is 280 g/mol. The third kappa shape index (κ3) is 3.15. The summed E-state index contributed by atoms with van der Waals surface area (Å²) in [5.41, 5.74) is -0.201. The van der Waals surface area contributed by atoms with Crippen LogP contribution in [0.2, 0.25) is 0 Å². The van der Waals surface area contributed by atoms with Crippen molar-refractivity contribution in [2.24, 2.45) is 5.92 Å². The summed E-state index contributed by atoms with van der Waals surface area (Å²) >= 11 is 0. The van der Waals surface area contributed by atoms with Crippen LogP contribution in [-0.4, -0.2) is 38.2 Å². The van der Waals surface area contributed by atoms with Crippen LogP contribution in [0.25, 0.3) is 0 Å². The number of aromatic nitrogens is 3. The summed E-state index contributed by atoms with van der Waals surface area (Å²) < 4.78 is 0. The lowest BCUT2D eigenvalue weighted by Crippen LogP contribution is -2.34. The zero-order valence-corrected chi connectivity index (χ0v) is 11.9. The fourth-order valence-corrected chi connectivity index (χ4v) is 2.29. The lowest BCUT2D eigenvalue weighted by Gasteiger charge is -2.13. The zero-order valence-electron chi connectivity index (χ0n) is 11.9. The number of carboxylic acids is 1. The van der Waals surface area contributed by atoms with Crippen molar-refractivity contribution in [2.75, 3.05) is 0 Å². The normalized spacial score (nSPS) is 22.8. The van der Waals surface area contributed by atoms with Crippen molar-refractivity contribution in [3.8, 4) is 0 Å². The summed E-state index contributed by atoms with van der Waals surface area (Å²) in [7, 11) is 0. The Labute approximate surface area is 117 Å². The van der Waals surface area contributed by atoms with Crippen molar-refractivity contribution in [1.82, 2.24) is 20.5 Å². The average molecular weight is 280 g/mol. The zero-order chi connectivity index (χ0) is 14.9. The molecule has 0 aromatic carbocycles. The number of carbonyl (C=O) groups is 2. The van der Waals surface area contributed by atoms with Gasteiger partial charge in [-0.1, -0.05) is 20.8 Å². The minimum Gasteiger partial charge on any atom is -0.481 e. The second-order valence-corrected chi connectivity index (χ2v) is 6.28. The molecule has 0 spiro atoms. The van der Waals surface area contributed by atoms with Crippen molar-refractivity contribution in [2.45, 2.75) is 51.5 Å². The van der Waals surface area contributed by atoms with Crippen molar-refractivity contribution in [3.05, 3.63) is 11.6 Å². The predicted octanol–water partition coefficient (Wildman–Crippen LogP) is 1.09. The van der Waals surface area contributed by atoms with Crippen LogP contribution in [0.5, 0.6) is 0 Å². The number of hydrogen-bond donors (Lipinski definition) is 3. The molecule has 1 aliphatic carbocycles. The van der Waals surface area contributed by atoms with Gasteiger partial charge in [0.05, 0.1) is 5.92 Å². The van der Waals surface area contributed by atoms with E-state index in [4.69, 9.17) is 5.11 Å². The molecule has 7 heteroatoms. The van der Waals surface area contributed by atoms with E-state index in [1.807, 2.05) is 20.8 Å². The Morgan fingerprint density at radius 2 is 2.05 bits per heavy atom. The van der Waals surface area contributed by atoms with Gasteiger partial charge in [-0.25, -0.2) is 4.98 Å². The minimum absolute atomic E-state index is 0.105. The van der Waals surface area contributed by atoms with Crippen LogP contribution in [0, 0.1) is 5.92 Å². The Kier molecular flexibility index (Phi) is 3.78. The van der Waals surface area contributed by atoms with Gasteiger partial charge in [0.15, 0.2) is 0 Å². The molecule has 110 valence electrons. The second kappa shape index (κ2) is 5.22. The number of aliphatic carboxylic acids is 1. The number of nitrogens with zero attached hydrogens (tertiary/aromatic N) is 2. The van der Waals surface area contributed by atoms with E-state index in [0.717, 1.165) is 0 Å². The molecule has 2 atom stereocenters. The highest BCUT2D eigenvalue weighted by atomic mass is 16.4. The van der Waals surface area contributed by atoms with E-state index in [1.54, 1.807) is 0 Å². The van der Waals surface area contributed by atoms with Crippen LogP contribution in [0.1, 0.15) is 56.5 Å². The number of hydrogen-bond acceptors (Lipinski definition) is 4. The SMILES string of the molecule is CC(C)(C)c1nc(C(=O)N[C@H]2CC[C@@H](C(=O)O)C2)n[nH]1. The molecule has 1 heterocycles. The van der Waals surface area contributed by atoms with Gasteiger partial charge in [0.2, 0.25) is 5.82 Å². The average Bonchev–Trinajstić information content (AvgIpc) is 2.95. The number of carbonyl (C=O) groups excluding carboxylic acids is 1. The fraction of sp³-hybridized carbons (Fsp3) is 0.692. The lowest BCUT2D eigenvalue weighted by atomic mass is 9.96. The first-order chi connectivity index (χ1) is 9.27. The fourth-order valence-electron chi connectivity index (χ4n) is 2.29. The van der Waals surface area contributed by atoms with Crippen LogP contribution in [0.15, 0.2) is 0 Å². The molecule has 0 aliphatic heterocycles. The molecule has 0 bridgehead atoms. The molecule has 20 heavy (non-hydrogen) atoms. The van der Waals surface area contributed by atoms with E-state index >= 15 is 0 Å². The summed E-state index contributed by atoms with van der Waals surface area (Å²) in [6.45, 7) is 5.93. The van der Waals surface area contributed by atoms with Gasteiger partial charge in [0.1, 0.15) is 5.82 Å². The van der Waals surface area contributed by atoms with Gasteiger partial charge in [0, 0.05) is 11.5 Å². The summed E-state index contributed by atoms with van der Waals surface area (Å²) in [5, 5.41) is 18.4. The third-order valence-corrected chi connectivity index (χ3v) is 3.52. The van der Waals surface area contributed by atoms with Crippen LogP contribution in [0.4, 0.5) is 0 Å². The summed E-state index contributed by atoms with van der Waals surface area (Å²) in [4.78, 5) is 27.1. The number of rotatable bonds is 3. The van der Waals surface area contributed by atoms with Crippen LogP contribution in [0.3, 0.4) is 0 Å². The smallest absolute Gasteiger partial charge is 0.306 e. The topological polar surface area (TPSA) is 108 Å². The Hall–Kier alpha value is -1.92. The largest absolute Gasteiger partial charge is 0.481 e. The maximum absolute atomic E-state index is 12.0. The van der Waals surface area contributed by atoms with Crippen molar-refractivity contribution >= 4 is 11.9 Å². The predicted molar refractivity (Wildman–Crippen MR) is 71.3 cm³/mol. The minimum atomic E-state index is -0.797. The van der Waals surface area contributed by atoms with Gasteiger partial charge >= 0.3 is 5.97 Å². The Morgan fingerprint density at radius 3 is 2.55 bits per heavy atom. The highest BCUT2D eigenvalue weighted by molar-refractivity contribution is 5.90. The maximum atomic E-state index is 12.0. The van der Waals surface area contributed by atoms with Gasteiger partial charge in [-0.05, 0) is 19.3 Å². The number of nitrogens with one attached hydrogen (secondary N) is 2. The van der Waals surface area contributed by atoms with Gasteiger partial charge in [-0.2, -0.15) is 0 Å². The standard InChI is InChI=1S/C13H20N4O3/c1-13(2,3)12-15-9(16-17-12)10(18)14-8-5-4-7(6-8)11(19)20/h7-8H,4-6H2,1-3H3,(H,14,18)(H,19,20)(H,15,16,17)/t7-,8+/m1/s1. The van der Waals surface area contributed by atoms with Gasteiger partial charge in [0.25, 0.3) is 5.91 Å². The van der Waals surface area contributed by atoms with Gasteiger partial charge in [-0.3, -0.25) is 14.7 Å². The molecule has 1 saturated carbocycles. The third-order valence-electron chi connectivity index (χ3n) is 3.52. The first kappa shape index (κ1) is 14.5. The Balaban J connectivity index is 1.96. The number of carboxylic acid groups (broad SMARTS) is 1. The van der Waals surface area contributed by atoms with Gasteiger partial charge in [-0.15, -0.1) is 5.10 Å². The second-order valence-electron chi connectivity index (χ2n) is 6.28. The number of aromatic amines is 1. The van der Waals surface area contributed by atoms with E-state index in [2.05, 4.69) is 20.5 Å². The van der Waals surface area contributed by atoms with Crippen molar-refractivity contribution < 1.29 is 14.7 Å². The molecule has 0 radical (unpaired) electrons. The van der Waals surface area contributed by atoms with Crippen molar-refractivity contribution in [3.63, 3.8) is 0 Å². The van der Waals surface area contributed by atoms with Crippen molar-refractivity contribution in [1.29, 1.82) is 0 Å². The van der Waals surface area contributed by atoms with E-state index < -0.39 is 5.97 Å². The van der Waals surface area contributed by atoms with E-state index in [-0.39, 0.29) is 29.1 Å². The molecule has 0 unspecified atom stereocenters. The molecular weight excluding hydrogens is 260 g/mol. The number of H-pyrrole nitrogens is 1. The molecule has 1 aromatic heterocycles. The Morgan fingerprint density at radius 1 is 1.35 bits per heavy atom. The highest BCUT2D eigenvalue weighted by Crippen LogP contribution is 2.25.